The van der Waals surface area contributed by atoms with Crippen LogP contribution < -0.4 is 4.74 Å². The minimum absolute atomic E-state index is 0.239. The lowest BCUT2D eigenvalue weighted by Crippen LogP contribution is -2.05. The number of benzene rings is 1. The number of para-hydroxylation sites is 1. The molecular weight excluding hydrogens is 260 g/mol. The maximum atomic E-state index is 10.6. The number of nitrogens with zero attached hydrogens (tertiary/aromatic N) is 2. The summed E-state index contributed by atoms with van der Waals surface area (Å²) in [6.45, 7) is 6.58. The first-order chi connectivity index (χ1) is 9.15. The molecule has 0 aliphatic heterocycles. The smallest absolute Gasteiger partial charge is 0.125 e. The van der Waals surface area contributed by atoms with Gasteiger partial charge in [-0.2, -0.15) is 0 Å². The Morgan fingerprint density at radius 2 is 2.05 bits per heavy atom. The Morgan fingerprint density at radius 1 is 1.32 bits per heavy atom. The van der Waals surface area contributed by atoms with Gasteiger partial charge in [0.05, 0.1) is 17.2 Å². The molecule has 0 saturated heterocycles. The van der Waals surface area contributed by atoms with Crippen LogP contribution in [0.5, 0.6) is 5.75 Å². The lowest BCUT2D eigenvalue weighted by molar-refractivity contribution is 0.214. The molecule has 2 rings (SSSR count). The molecule has 0 aliphatic carbocycles. The van der Waals surface area contributed by atoms with Crippen LogP contribution in [0, 0.1) is 0 Å². The van der Waals surface area contributed by atoms with Crippen LogP contribution in [-0.4, -0.2) is 21.3 Å². The van der Waals surface area contributed by atoms with Crippen molar-refractivity contribution >= 4 is 11.5 Å². The average Bonchev–Trinajstić information content (AvgIpc) is 2.88. The summed E-state index contributed by atoms with van der Waals surface area (Å²) in [5.74, 6) is 0.947. The number of hydrogen-bond acceptors (Lipinski definition) is 5. The van der Waals surface area contributed by atoms with Gasteiger partial charge < -0.3 is 9.84 Å². The molecule has 1 N–H and O–H groups in total. The fourth-order valence-electron chi connectivity index (χ4n) is 1.93. The summed E-state index contributed by atoms with van der Waals surface area (Å²) < 4.78 is 9.52. The third-order valence-corrected chi connectivity index (χ3v) is 3.64. The van der Waals surface area contributed by atoms with E-state index in [2.05, 4.69) is 9.59 Å². The van der Waals surface area contributed by atoms with E-state index in [4.69, 9.17) is 4.74 Å². The number of hydrogen-bond donors (Lipinski definition) is 1. The van der Waals surface area contributed by atoms with E-state index < -0.39 is 6.10 Å². The van der Waals surface area contributed by atoms with Crippen LogP contribution in [0.1, 0.15) is 48.9 Å². The summed E-state index contributed by atoms with van der Waals surface area (Å²) in [4.78, 5) is 0.794. The normalized spacial score (nSPS) is 12.7. The highest BCUT2D eigenvalue weighted by molar-refractivity contribution is 7.05. The van der Waals surface area contributed by atoms with Crippen molar-refractivity contribution in [3.63, 3.8) is 0 Å². The summed E-state index contributed by atoms with van der Waals surface area (Å²) >= 11 is 1.24. The van der Waals surface area contributed by atoms with Crippen molar-refractivity contribution in [2.75, 3.05) is 6.61 Å². The van der Waals surface area contributed by atoms with Gasteiger partial charge in [0.2, 0.25) is 0 Å². The maximum absolute atomic E-state index is 10.6. The Kier molecular flexibility index (Phi) is 4.50. The second kappa shape index (κ2) is 6.12. The first-order valence-corrected chi connectivity index (χ1v) is 7.14. The van der Waals surface area contributed by atoms with Gasteiger partial charge in [-0.05, 0) is 30.4 Å². The lowest BCUT2D eigenvalue weighted by atomic mass is 10.0. The number of ether oxygens (including phenoxy) is 1. The van der Waals surface area contributed by atoms with E-state index in [9.17, 15) is 5.11 Å². The monoisotopic (exact) mass is 278 g/mol. The SMILES string of the molecule is CCOc1ccccc1C(O)c1snnc1C(C)C. The van der Waals surface area contributed by atoms with Crippen LogP contribution in [0.4, 0.5) is 0 Å². The quantitative estimate of drug-likeness (QED) is 0.913. The van der Waals surface area contributed by atoms with Crippen LogP contribution in [0.3, 0.4) is 0 Å². The molecule has 0 radical (unpaired) electrons. The molecule has 1 unspecified atom stereocenters. The molecule has 102 valence electrons. The number of aliphatic hydroxyl groups is 1. The topological polar surface area (TPSA) is 55.2 Å². The van der Waals surface area contributed by atoms with Gasteiger partial charge in [0.25, 0.3) is 0 Å². The number of rotatable bonds is 5. The molecule has 19 heavy (non-hydrogen) atoms. The largest absolute Gasteiger partial charge is 0.493 e. The van der Waals surface area contributed by atoms with Crippen LogP contribution in [0.25, 0.3) is 0 Å². The minimum Gasteiger partial charge on any atom is -0.493 e. The Labute approximate surface area is 117 Å². The van der Waals surface area contributed by atoms with E-state index in [-0.39, 0.29) is 5.92 Å². The minimum atomic E-state index is -0.736. The molecule has 0 saturated carbocycles. The molecule has 1 heterocycles. The molecule has 1 atom stereocenters. The highest BCUT2D eigenvalue weighted by atomic mass is 32.1. The summed E-state index contributed by atoms with van der Waals surface area (Å²) in [7, 11) is 0. The average molecular weight is 278 g/mol. The zero-order valence-electron chi connectivity index (χ0n) is 11.3. The van der Waals surface area contributed by atoms with Gasteiger partial charge in [0.15, 0.2) is 0 Å². The predicted molar refractivity (Wildman–Crippen MR) is 75.7 cm³/mol. The van der Waals surface area contributed by atoms with Crippen molar-refractivity contribution in [2.24, 2.45) is 0 Å². The Bertz CT molecular complexity index is 540. The van der Waals surface area contributed by atoms with Crippen LogP contribution in [-0.2, 0) is 0 Å². The van der Waals surface area contributed by atoms with Crippen molar-refractivity contribution in [3.8, 4) is 5.75 Å². The van der Waals surface area contributed by atoms with Crippen molar-refractivity contribution < 1.29 is 9.84 Å². The zero-order chi connectivity index (χ0) is 13.8. The fourth-order valence-corrected chi connectivity index (χ4v) is 2.74. The van der Waals surface area contributed by atoms with Gasteiger partial charge in [-0.1, -0.05) is 36.5 Å². The molecule has 2 aromatic rings. The standard InChI is InChI=1S/C14H18N2O2S/c1-4-18-11-8-6-5-7-10(11)13(17)14-12(9(2)3)15-16-19-14/h5-9,13,17H,4H2,1-3H3. The summed E-state index contributed by atoms with van der Waals surface area (Å²) in [5.41, 5.74) is 1.61. The Morgan fingerprint density at radius 3 is 2.74 bits per heavy atom. The van der Waals surface area contributed by atoms with Crippen molar-refractivity contribution in [2.45, 2.75) is 32.8 Å². The van der Waals surface area contributed by atoms with Gasteiger partial charge in [0, 0.05) is 5.56 Å². The van der Waals surface area contributed by atoms with Crippen molar-refractivity contribution in [1.29, 1.82) is 0 Å². The second-order valence-electron chi connectivity index (χ2n) is 4.55. The third kappa shape index (κ3) is 2.93. The van der Waals surface area contributed by atoms with E-state index in [1.165, 1.54) is 11.5 Å². The summed E-state index contributed by atoms with van der Waals surface area (Å²) in [5, 5.41) is 14.7. The third-order valence-electron chi connectivity index (χ3n) is 2.85. The molecule has 1 aromatic heterocycles. The Balaban J connectivity index is 2.38. The molecule has 0 amide bonds. The van der Waals surface area contributed by atoms with Gasteiger partial charge in [-0.25, -0.2) is 0 Å². The molecule has 0 spiro atoms. The predicted octanol–water partition coefficient (Wildman–Crippen LogP) is 3.14. The molecule has 5 heteroatoms. The van der Waals surface area contributed by atoms with E-state index in [1.807, 2.05) is 45.0 Å². The van der Waals surface area contributed by atoms with E-state index >= 15 is 0 Å². The molecular formula is C14H18N2O2S. The van der Waals surface area contributed by atoms with Gasteiger partial charge in [-0.15, -0.1) is 5.10 Å². The molecule has 4 nitrogen and oxygen atoms in total. The highest BCUT2D eigenvalue weighted by Crippen LogP contribution is 2.34. The second-order valence-corrected chi connectivity index (χ2v) is 5.34. The molecule has 0 aliphatic rings. The lowest BCUT2D eigenvalue weighted by Gasteiger charge is -2.15. The van der Waals surface area contributed by atoms with E-state index in [0.29, 0.717) is 12.4 Å². The fraction of sp³-hybridized carbons (Fsp3) is 0.429. The van der Waals surface area contributed by atoms with Crippen LogP contribution >= 0.6 is 11.5 Å². The van der Waals surface area contributed by atoms with Crippen LogP contribution in [0.2, 0.25) is 0 Å². The van der Waals surface area contributed by atoms with E-state index in [1.54, 1.807) is 0 Å². The van der Waals surface area contributed by atoms with Crippen molar-refractivity contribution in [1.82, 2.24) is 9.59 Å². The molecule has 0 bridgehead atoms. The first kappa shape index (κ1) is 14.0. The van der Waals surface area contributed by atoms with Gasteiger partial charge >= 0.3 is 0 Å². The van der Waals surface area contributed by atoms with Crippen molar-refractivity contribution in [3.05, 3.63) is 40.4 Å². The maximum Gasteiger partial charge on any atom is 0.125 e. The zero-order valence-corrected chi connectivity index (χ0v) is 12.1. The molecule has 0 fully saturated rings. The first-order valence-electron chi connectivity index (χ1n) is 6.37. The number of aromatic nitrogens is 2. The van der Waals surface area contributed by atoms with Gasteiger partial charge in [-0.3, -0.25) is 0 Å². The summed E-state index contributed by atoms with van der Waals surface area (Å²) in [6, 6.07) is 7.53. The number of aliphatic hydroxyl groups excluding tert-OH is 1. The summed E-state index contributed by atoms with van der Waals surface area (Å²) in [6.07, 6.45) is -0.736. The Hall–Kier alpha value is -1.46. The van der Waals surface area contributed by atoms with E-state index in [0.717, 1.165) is 16.1 Å². The molecule has 1 aromatic carbocycles. The highest BCUT2D eigenvalue weighted by Gasteiger charge is 2.23. The van der Waals surface area contributed by atoms with Crippen LogP contribution in [0.15, 0.2) is 24.3 Å². The van der Waals surface area contributed by atoms with Gasteiger partial charge in [0.1, 0.15) is 11.9 Å².